The number of rotatable bonds is 6. The Morgan fingerprint density at radius 3 is 2.31 bits per heavy atom. The molecule has 10 heteroatoms. The number of nitro groups is 1. The molecule has 0 saturated heterocycles. The summed E-state index contributed by atoms with van der Waals surface area (Å²) in [4.78, 5) is 22.7. The molecule has 0 N–H and O–H groups in total. The van der Waals surface area contributed by atoms with Gasteiger partial charge in [-0.05, 0) is 12.1 Å². The Hall–Kier alpha value is -3.82. The number of methoxy groups -OCH3 is 3. The van der Waals surface area contributed by atoms with Gasteiger partial charge < -0.3 is 18.9 Å². The lowest BCUT2D eigenvalue weighted by Crippen LogP contribution is -2.25. The molecule has 152 valence electrons. The second-order valence-corrected chi connectivity index (χ2v) is 6.01. The molecule has 1 atom stereocenters. The van der Waals surface area contributed by atoms with Crippen LogP contribution in [0.15, 0.2) is 41.5 Å². The van der Waals surface area contributed by atoms with Gasteiger partial charge in [0.25, 0.3) is 5.69 Å². The summed E-state index contributed by atoms with van der Waals surface area (Å²) in [5.74, 6) is 0.929. The van der Waals surface area contributed by atoms with Crippen molar-refractivity contribution in [3.8, 4) is 17.2 Å². The maximum atomic E-state index is 12.1. The SMILES string of the molecule is COc1cc(C2=NN(C(C)=O)C(c3cccc([N+](=O)[O-])c3)O2)cc(OC)c1OC. The minimum absolute atomic E-state index is 0.115. The number of carbonyl (C=O) groups excluding carboxylic acids is 1. The van der Waals surface area contributed by atoms with E-state index < -0.39 is 11.2 Å². The summed E-state index contributed by atoms with van der Waals surface area (Å²) in [5.41, 5.74) is 0.787. The number of amides is 1. The standard InChI is InChI=1S/C19H19N3O7/c1-11(23)21-19(12-6-5-7-14(8-12)22(24)25)29-18(20-21)13-9-15(26-2)17(28-4)16(10-13)27-3/h5-10,19H,1-4H3. The third kappa shape index (κ3) is 3.77. The molecule has 0 bridgehead atoms. The first-order valence-corrected chi connectivity index (χ1v) is 8.49. The molecule has 1 aliphatic rings. The summed E-state index contributed by atoms with van der Waals surface area (Å²) < 4.78 is 21.9. The number of carbonyl (C=O) groups is 1. The summed E-state index contributed by atoms with van der Waals surface area (Å²) in [5, 5.41) is 16.5. The van der Waals surface area contributed by atoms with Gasteiger partial charge in [0.15, 0.2) is 11.5 Å². The zero-order valence-corrected chi connectivity index (χ0v) is 16.2. The molecule has 0 aliphatic carbocycles. The van der Waals surface area contributed by atoms with Gasteiger partial charge in [-0.3, -0.25) is 14.9 Å². The molecular weight excluding hydrogens is 382 g/mol. The first-order chi connectivity index (χ1) is 13.9. The van der Waals surface area contributed by atoms with Crippen LogP contribution in [0.25, 0.3) is 0 Å². The lowest BCUT2D eigenvalue weighted by Gasteiger charge is -2.19. The van der Waals surface area contributed by atoms with E-state index in [2.05, 4.69) is 5.10 Å². The number of nitro benzene ring substituents is 1. The van der Waals surface area contributed by atoms with Crippen LogP contribution in [-0.4, -0.2) is 43.1 Å². The highest BCUT2D eigenvalue weighted by Crippen LogP contribution is 2.40. The number of hydrogen-bond donors (Lipinski definition) is 0. The van der Waals surface area contributed by atoms with Gasteiger partial charge in [-0.2, -0.15) is 5.01 Å². The normalized spacial score (nSPS) is 15.4. The quantitative estimate of drug-likeness (QED) is 0.540. The van der Waals surface area contributed by atoms with E-state index in [1.165, 1.54) is 46.5 Å². The molecule has 0 fully saturated rings. The topological polar surface area (TPSA) is 113 Å². The van der Waals surface area contributed by atoms with Crippen molar-refractivity contribution in [2.45, 2.75) is 13.2 Å². The number of hydrazone groups is 1. The second kappa shape index (κ2) is 8.05. The summed E-state index contributed by atoms with van der Waals surface area (Å²) in [6, 6.07) is 9.11. The molecule has 2 aromatic carbocycles. The molecule has 2 aromatic rings. The fourth-order valence-electron chi connectivity index (χ4n) is 2.90. The van der Waals surface area contributed by atoms with Crippen molar-refractivity contribution < 1.29 is 28.7 Å². The van der Waals surface area contributed by atoms with E-state index in [4.69, 9.17) is 18.9 Å². The summed E-state index contributed by atoms with van der Waals surface area (Å²) in [6.07, 6.45) is -0.943. The minimum atomic E-state index is -0.943. The Morgan fingerprint density at radius 1 is 1.14 bits per heavy atom. The van der Waals surface area contributed by atoms with Gasteiger partial charge in [0.05, 0.1) is 26.3 Å². The van der Waals surface area contributed by atoms with Crippen LogP contribution in [0.3, 0.4) is 0 Å². The van der Waals surface area contributed by atoms with Gasteiger partial charge in [0.2, 0.25) is 23.8 Å². The van der Waals surface area contributed by atoms with Gasteiger partial charge in [-0.1, -0.05) is 12.1 Å². The maximum Gasteiger partial charge on any atom is 0.269 e. The van der Waals surface area contributed by atoms with Crippen LogP contribution >= 0.6 is 0 Å². The van der Waals surface area contributed by atoms with Gasteiger partial charge >= 0.3 is 0 Å². The second-order valence-electron chi connectivity index (χ2n) is 6.01. The van der Waals surface area contributed by atoms with Crippen molar-refractivity contribution in [2.24, 2.45) is 5.10 Å². The zero-order chi connectivity index (χ0) is 21.1. The molecular formula is C19H19N3O7. The van der Waals surface area contributed by atoms with Crippen molar-refractivity contribution in [1.82, 2.24) is 5.01 Å². The molecule has 29 heavy (non-hydrogen) atoms. The average Bonchev–Trinajstić information content (AvgIpc) is 3.18. The van der Waals surface area contributed by atoms with Gasteiger partial charge in [-0.25, -0.2) is 0 Å². The maximum absolute atomic E-state index is 12.1. The first kappa shape index (κ1) is 19.9. The summed E-state index contributed by atoms with van der Waals surface area (Å²) in [6.45, 7) is 1.33. The van der Waals surface area contributed by atoms with Crippen LogP contribution in [0.4, 0.5) is 5.69 Å². The predicted octanol–water partition coefficient (Wildman–Crippen LogP) is 2.86. The van der Waals surface area contributed by atoms with E-state index in [9.17, 15) is 14.9 Å². The number of non-ortho nitro benzene ring substituents is 1. The van der Waals surface area contributed by atoms with Gasteiger partial charge in [0.1, 0.15) is 0 Å². The molecule has 3 rings (SSSR count). The Bertz CT molecular complexity index is 965. The Balaban J connectivity index is 2.02. The minimum Gasteiger partial charge on any atom is -0.493 e. The monoisotopic (exact) mass is 401 g/mol. The molecule has 0 aromatic heterocycles. The van der Waals surface area contributed by atoms with Gasteiger partial charge in [0, 0.05) is 30.2 Å². The van der Waals surface area contributed by atoms with Crippen molar-refractivity contribution in [3.05, 3.63) is 57.6 Å². The third-order valence-electron chi connectivity index (χ3n) is 4.24. The van der Waals surface area contributed by atoms with Crippen LogP contribution in [0.2, 0.25) is 0 Å². The lowest BCUT2D eigenvalue weighted by atomic mass is 10.1. The van der Waals surface area contributed by atoms with E-state index in [-0.39, 0.29) is 17.5 Å². The number of hydrogen-bond acceptors (Lipinski definition) is 8. The number of ether oxygens (including phenoxy) is 4. The van der Waals surface area contributed by atoms with E-state index in [1.807, 2.05) is 0 Å². The molecule has 0 radical (unpaired) electrons. The van der Waals surface area contributed by atoms with Crippen LogP contribution in [0.5, 0.6) is 17.2 Å². The number of benzene rings is 2. The molecule has 1 aliphatic heterocycles. The van der Waals surface area contributed by atoms with Crippen molar-refractivity contribution in [3.63, 3.8) is 0 Å². The van der Waals surface area contributed by atoms with E-state index in [0.29, 0.717) is 28.4 Å². The van der Waals surface area contributed by atoms with Crippen molar-refractivity contribution >= 4 is 17.5 Å². The largest absolute Gasteiger partial charge is 0.493 e. The lowest BCUT2D eigenvalue weighted by molar-refractivity contribution is -0.385. The highest BCUT2D eigenvalue weighted by Gasteiger charge is 2.34. The van der Waals surface area contributed by atoms with E-state index in [1.54, 1.807) is 18.2 Å². The number of nitrogens with zero attached hydrogens (tertiary/aromatic N) is 3. The van der Waals surface area contributed by atoms with Crippen LogP contribution in [0, 0.1) is 10.1 Å². The van der Waals surface area contributed by atoms with Gasteiger partial charge in [-0.15, -0.1) is 5.10 Å². The highest BCUT2D eigenvalue weighted by molar-refractivity contribution is 5.97. The highest BCUT2D eigenvalue weighted by atomic mass is 16.6. The fourth-order valence-corrected chi connectivity index (χ4v) is 2.90. The molecule has 1 amide bonds. The van der Waals surface area contributed by atoms with Crippen LogP contribution in [0.1, 0.15) is 24.3 Å². The first-order valence-electron chi connectivity index (χ1n) is 8.49. The molecule has 1 heterocycles. The molecule has 10 nitrogen and oxygen atoms in total. The van der Waals surface area contributed by atoms with E-state index in [0.717, 1.165) is 5.01 Å². The van der Waals surface area contributed by atoms with Crippen molar-refractivity contribution in [2.75, 3.05) is 21.3 Å². The summed E-state index contributed by atoms with van der Waals surface area (Å²) in [7, 11) is 4.44. The smallest absolute Gasteiger partial charge is 0.269 e. The molecule has 0 spiro atoms. The molecule has 1 unspecified atom stereocenters. The van der Waals surface area contributed by atoms with Crippen molar-refractivity contribution in [1.29, 1.82) is 0 Å². The molecule has 0 saturated carbocycles. The zero-order valence-electron chi connectivity index (χ0n) is 16.2. The third-order valence-corrected chi connectivity index (χ3v) is 4.24. The Labute approximate surface area is 166 Å². The fraction of sp³-hybridized carbons (Fsp3) is 0.263. The Kier molecular flexibility index (Phi) is 5.53. The Morgan fingerprint density at radius 2 is 1.79 bits per heavy atom. The summed E-state index contributed by atoms with van der Waals surface area (Å²) >= 11 is 0. The predicted molar refractivity (Wildman–Crippen MR) is 102 cm³/mol. The van der Waals surface area contributed by atoms with E-state index >= 15 is 0 Å². The average molecular weight is 401 g/mol. The van der Waals surface area contributed by atoms with Crippen LogP contribution in [-0.2, 0) is 9.53 Å². The van der Waals surface area contributed by atoms with Crippen LogP contribution < -0.4 is 14.2 Å².